The molecule has 0 saturated carbocycles. The number of imidazole rings is 1. The number of sulfonamides is 1. The lowest BCUT2D eigenvalue weighted by Crippen LogP contribution is -2.39. The van der Waals surface area contributed by atoms with E-state index in [9.17, 15) is 8.42 Å². The average Bonchev–Trinajstić information content (AvgIpc) is 3.10. The highest BCUT2D eigenvalue weighted by Gasteiger charge is 2.25. The third-order valence-corrected chi connectivity index (χ3v) is 6.75. The number of aromatic amines is 1. The van der Waals surface area contributed by atoms with E-state index in [1.165, 1.54) is 0 Å². The van der Waals surface area contributed by atoms with Crippen LogP contribution in [0.5, 0.6) is 5.75 Å². The number of hydrogen-bond acceptors (Lipinski definition) is 4. The Morgan fingerprint density at radius 3 is 2.43 bits per heavy atom. The second-order valence-corrected chi connectivity index (χ2v) is 10.2. The fourth-order valence-electron chi connectivity index (χ4n) is 2.87. The molecule has 1 aromatic heterocycles. The zero-order valence-electron chi connectivity index (χ0n) is 16.9. The summed E-state index contributed by atoms with van der Waals surface area (Å²) in [5.41, 5.74) is 3.44. The van der Waals surface area contributed by atoms with Gasteiger partial charge in [0.05, 0.1) is 23.4 Å². The lowest BCUT2D eigenvalue weighted by atomic mass is 9.85. The molecule has 0 radical (unpaired) electrons. The summed E-state index contributed by atoms with van der Waals surface area (Å²) in [4.78, 5) is 8.02. The maximum absolute atomic E-state index is 12.1. The number of ether oxygens (including phenoxy) is 1. The molecule has 2 N–H and O–H groups in total. The van der Waals surface area contributed by atoms with Gasteiger partial charge in [-0.25, -0.2) is 18.1 Å². The van der Waals surface area contributed by atoms with E-state index in [1.54, 1.807) is 21.0 Å². The summed E-state index contributed by atoms with van der Waals surface area (Å²) in [5.74, 6) is 1.58. The Morgan fingerprint density at radius 1 is 1.14 bits per heavy atom. The third-order valence-electron chi connectivity index (χ3n) is 4.96. The second kappa shape index (κ2) is 7.56. The van der Waals surface area contributed by atoms with Gasteiger partial charge < -0.3 is 9.72 Å². The van der Waals surface area contributed by atoms with Crippen LogP contribution in [-0.4, -0.2) is 37.3 Å². The molecule has 1 heterocycles. The maximum Gasteiger partial charge on any atom is 0.213 e. The van der Waals surface area contributed by atoms with Crippen molar-refractivity contribution in [2.24, 2.45) is 0 Å². The summed E-state index contributed by atoms with van der Waals surface area (Å²) in [6.07, 6.45) is 0. The van der Waals surface area contributed by atoms with Crippen LogP contribution in [0.3, 0.4) is 0 Å². The Kier molecular flexibility index (Phi) is 5.50. The average molecular weight is 402 g/mol. The van der Waals surface area contributed by atoms with Crippen LogP contribution in [0.2, 0.25) is 0 Å². The minimum absolute atomic E-state index is 0.332. The monoisotopic (exact) mass is 401 g/mol. The van der Waals surface area contributed by atoms with Crippen molar-refractivity contribution in [3.8, 4) is 17.1 Å². The summed E-state index contributed by atoms with van der Waals surface area (Å²) in [6.45, 7) is 7.73. The molecule has 0 spiro atoms. The van der Waals surface area contributed by atoms with Crippen molar-refractivity contribution >= 4 is 21.1 Å². The highest BCUT2D eigenvalue weighted by Crippen LogP contribution is 2.28. The highest BCUT2D eigenvalue weighted by atomic mass is 32.2. The number of methoxy groups -OCH3 is 1. The van der Waals surface area contributed by atoms with Crippen LogP contribution in [0.15, 0.2) is 42.5 Å². The number of nitrogens with zero attached hydrogens (tertiary/aromatic N) is 1. The van der Waals surface area contributed by atoms with Crippen LogP contribution >= 0.6 is 0 Å². The van der Waals surface area contributed by atoms with Gasteiger partial charge in [-0.05, 0) is 55.8 Å². The van der Waals surface area contributed by atoms with Crippen molar-refractivity contribution in [2.75, 3.05) is 13.7 Å². The molecule has 0 amide bonds. The molecule has 0 unspecified atom stereocenters. The van der Waals surface area contributed by atoms with Crippen LogP contribution in [-0.2, 0) is 15.4 Å². The van der Waals surface area contributed by atoms with Gasteiger partial charge >= 0.3 is 0 Å². The second-order valence-electron chi connectivity index (χ2n) is 7.84. The summed E-state index contributed by atoms with van der Waals surface area (Å²) >= 11 is 0. The number of H-pyrrole nitrogens is 1. The van der Waals surface area contributed by atoms with Crippen molar-refractivity contribution in [2.45, 2.75) is 38.4 Å². The van der Waals surface area contributed by atoms with Crippen LogP contribution < -0.4 is 9.46 Å². The summed E-state index contributed by atoms with van der Waals surface area (Å²) < 4.78 is 32.1. The number of benzene rings is 2. The molecule has 150 valence electrons. The van der Waals surface area contributed by atoms with Gasteiger partial charge in [0.15, 0.2) is 0 Å². The number of rotatable bonds is 7. The molecule has 0 saturated heterocycles. The lowest BCUT2D eigenvalue weighted by molar-refractivity contribution is 0.415. The SMILES string of the molecule is COc1ccc(-c2nc3ccc(C(C)(C)CNS(=O)(=O)C(C)C)cc3[nH]2)cc1. The minimum atomic E-state index is -3.30. The van der Waals surface area contributed by atoms with Gasteiger partial charge in [-0.15, -0.1) is 0 Å². The predicted molar refractivity (Wildman–Crippen MR) is 113 cm³/mol. The van der Waals surface area contributed by atoms with Gasteiger partial charge in [0.2, 0.25) is 10.0 Å². The first-order chi connectivity index (χ1) is 13.1. The lowest BCUT2D eigenvalue weighted by Gasteiger charge is -2.26. The standard InChI is InChI=1S/C21H27N3O3S/c1-14(2)28(25,26)22-13-21(3,4)16-8-11-18-19(12-16)24-20(23-18)15-6-9-17(27-5)10-7-15/h6-12,14,22H,13H2,1-5H3,(H,23,24). The molecular weight excluding hydrogens is 374 g/mol. The molecule has 2 aromatic carbocycles. The van der Waals surface area contributed by atoms with E-state index in [0.717, 1.165) is 33.7 Å². The Bertz CT molecular complexity index is 1070. The van der Waals surface area contributed by atoms with E-state index in [4.69, 9.17) is 4.74 Å². The third kappa shape index (κ3) is 4.20. The molecular formula is C21H27N3O3S. The fourth-order valence-corrected chi connectivity index (χ4v) is 3.76. The maximum atomic E-state index is 12.1. The van der Waals surface area contributed by atoms with Gasteiger partial charge in [-0.3, -0.25) is 0 Å². The van der Waals surface area contributed by atoms with Crippen LogP contribution in [0.1, 0.15) is 33.3 Å². The van der Waals surface area contributed by atoms with Gasteiger partial charge in [0, 0.05) is 17.5 Å². The topological polar surface area (TPSA) is 84.1 Å². The Morgan fingerprint density at radius 2 is 1.82 bits per heavy atom. The summed E-state index contributed by atoms with van der Waals surface area (Å²) in [6, 6.07) is 13.7. The zero-order chi connectivity index (χ0) is 20.5. The number of fused-ring (bicyclic) bond motifs is 1. The largest absolute Gasteiger partial charge is 0.497 e. The predicted octanol–water partition coefficient (Wildman–Crippen LogP) is 3.84. The van der Waals surface area contributed by atoms with Crippen molar-refractivity contribution in [3.05, 3.63) is 48.0 Å². The van der Waals surface area contributed by atoms with Crippen LogP contribution in [0.4, 0.5) is 0 Å². The molecule has 3 aromatic rings. The van der Waals surface area contributed by atoms with E-state index >= 15 is 0 Å². The van der Waals surface area contributed by atoms with Gasteiger partial charge in [0.1, 0.15) is 11.6 Å². The molecule has 0 aliphatic rings. The van der Waals surface area contributed by atoms with Crippen molar-refractivity contribution in [3.63, 3.8) is 0 Å². The molecule has 0 aliphatic heterocycles. The van der Waals surface area contributed by atoms with Crippen LogP contribution in [0, 0.1) is 0 Å². The van der Waals surface area contributed by atoms with Crippen molar-refractivity contribution in [1.29, 1.82) is 0 Å². The molecule has 7 heteroatoms. The summed E-state index contributed by atoms with van der Waals surface area (Å²) in [7, 11) is -1.66. The molecule has 0 bridgehead atoms. The van der Waals surface area contributed by atoms with E-state index in [0.29, 0.717) is 6.54 Å². The zero-order valence-corrected chi connectivity index (χ0v) is 17.7. The first-order valence-electron chi connectivity index (χ1n) is 9.25. The normalized spacial score (nSPS) is 12.6. The van der Waals surface area contributed by atoms with Gasteiger partial charge in [0.25, 0.3) is 0 Å². The molecule has 0 fully saturated rings. The first kappa shape index (κ1) is 20.4. The van der Waals surface area contributed by atoms with Crippen molar-refractivity contribution in [1.82, 2.24) is 14.7 Å². The smallest absolute Gasteiger partial charge is 0.213 e. The van der Waals surface area contributed by atoms with Gasteiger partial charge in [-0.2, -0.15) is 0 Å². The minimum Gasteiger partial charge on any atom is -0.497 e. The van der Waals surface area contributed by atoms with Gasteiger partial charge in [-0.1, -0.05) is 19.9 Å². The Hall–Kier alpha value is -2.38. The molecule has 0 aliphatic carbocycles. The summed E-state index contributed by atoms with van der Waals surface area (Å²) in [5, 5.41) is -0.453. The quantitative estimate of drug-likeness (QED) is 0.630. The Balaban J connectivity index is 1.87. The number of nitrogens with one attached hydrogen (secondary N) is 2. The van der Waals surface area contributed by atoms with E-state index in [-0.39, 0.29) is 5.41 Å². The molecule has 3 rings (SSSR count). The fraction of sp³-hybridized carbons (Fsp3) is 0.381. The number of hydrogen-bond donors (Lipinski definition) is 2. The Labute approximate surface area is 166 Å². The molecule has 28 heavy (non-hydrogen) atoms. The highest BCUT2D eigenvalue weighted by molar-refractivity contribution is 7.90. The van der Waals surface area contributed by atoms with Crippen molar-refractivity contribution < 1.29 is 13.2 Å². The first-order valence-corrected chi connectivity index (χ1v) is 10.8. The molecule has 0 atom stereocenters. The molecule has 6 nitrogen and oxygen atoms in total. The van der Waals surface area contributed by atoms with E-state index in [1.807, 2.05) is 56.3 Å². The van der Waals surface area contributed by atoms with Crippen LogP contribution in [0.25, 0.3) is 22.4 Å². The van der Waals surface area contributed by atoms with E-state index in [2.05, 4.69) is 14.7 Å². The number of aromatic nitrogens is 2. The van der Waals surface area contributed by atoms with E-state index < -0.39 is 15.3 Å².